The normalized spacial score (nSPS) is 12.2. The lowest BCUT2D eigenvalue weighted by molar-refractivity contribution is 0.431. The van der Waals surface area contributed by atoms with Crippen molar-refractivity contribution in [1.82, 2.24) is 0 Å². The van der Waals surface area contributed by atoms with Crippen LogP contribution in [0.2, 0.25) is 0 Å². The first-order valence-corrected chi connectivity index (χ1v) is 8.25. The van der Waals surface area contributed by atoms with Crippen molar-refractivity contribution in [1.29, 1.82) is 0 Å². The van der Waals surface area contributed by atoms with Gasteiger partial charge in [-0.3, -0.25) is 0 Å². The number of hydrogen-bond donors (Lipinski definition) is 1. The fraction of sp³-hybridized carbons (Fsp3) is 0.250. The SMILES string of the molecule is CCC(N)Cc1cccc(F)c1Oc1ccc(Br)cc1Br. The molecule has 0 bridgehead atoms. The van der Waals surface area contributed by atoms with Gasteiger partial charge in [-0.1, -0.05) is 35.0 Å². The Hall–Kier alpha value is -0.910. The van der Waals surface area contributed by atoms with E-state index < -0.39 is 0 Å². The third-order valence-electron chi connectivity index (χ3n) is 3.16. The second-order valence-corrected chi connectivity index (χ2v) is 6.55. The third-order valence-corrected chi connectivity index (χ3v) is 4.27. The molecule has 0 aliphatic carbocycles. The molecule has 2 nitrogen and oxygen atoms in total. The largest absolute Gasteiger partial charge is 0.453 e. The first-order chi connectivity index (χ1) is 10.0. The van der Waals surface area contributed by atoms with E-state index in [2.05, 4.69) is 31.9 Å². The van der Waals surface area contributed by atoms with Crippen LogP contribution in [0.3, 0.4) is 0 Å². The third kappa shape index (κ3) is 4.28. The Bertz CT molecular complexity index is 634. The van der Waals surface area contributed by atoms with Gasteiger partial charge in [0.1, 0.15) is 5.75 Å². The number of para-hydroxylation sites is 1. The van der Waals surface area contributed by atoms with Gasteiger partial charge in [-0.15, -0.1) is 0 Å². The van der Waals surface area contributed by atoms with Gasteiger partial charge in [0, 0.05) is 10.5 Å². The number of nitrogens with two attached hydrogens (primary N) is 1. The van der Waals surface area contributed by atoms with Crippen LogP contribution in [-0.2, 0) is 6.42 Å². The quantitative estimate of drug-likeness (QED) is 0.705. The molecule has 0 heterocycles. The van der Waals surface area contributed by atoms with Crippen LogP contribution in [-0.4, -0.2) is 6.04 Å². The van der Waals surface area contributed by atoms with Crippen molar-refractivity contribution < 1.29 is 9.13 Å². The molecule has 1 atom stereocenters. The van der Waals surface area contributed by atoms with E-state index in [9.17, 15) is 4.39 Å². The van der Waals surface area contributed by atoms with Crippen LogP contribution in [0.15, 0.2) is 45.3 Å². The van der Waals surface area contributed by atoms with Crippen molar-refractivity contribution in [2.24, 2.45) is 5.73 Å². The predicted molar refractivity (Wildman–Crippen MR) is 90.3 cm³/mol. The topological polar surface area (TPSA) is 35.2 Å². The highest BCUT2D eigenvalue weighted by Crippen LogP contribution is 2.35. The Balaban J connectivity index is 2.34. The summed E-state index contributed by atoms with van der Waals surface area (Å²) in [6.45, 7) is 2.01. The molecule has 0 fully saturated rings. The summed E-state index contributed by atoms with van der Waals surface area (Å²) in [6.07, 6.45) is 1.41. The summed E-state index contributed by atoms with van der Waals surface area (Å²) in [5.74, 6) is 0.421. The molecule has 5 heteroatoms. The van der Waals surface area contributed by atoms with Crippen molar-refractivity contribution in [2.45, 2.75) is 25.8 Å². The fourth-order valence-corrected chi connectivity index (χ4v) is 3.05. The molecular weight excluding hydrogens is 401 g/mol. The van der Waals surface area contributed by atoms with Gasteiger partial charge in [-0.25, -0.2) is 4.39 Å². The summed E-state index contributed by atoms with van der Waals surface area (Å²) in [6, 6.07) is 10.4. The maximum absolute atomic E-state index is 14.1. The highest BCUT2D eigenvalue weighted by molar-refractivity contribution is 9.11. The molecule has 0 aliphatic rings. The van der Waals surface area contributed by atoms with E-state index in [4.69, 9.17) is 10.5 Å². The number of benzene rings is 2. The van der Waals surface area contributed by atoms with Crippen LogP contribution in [0.4, 0.5) is 4.39 Å². The fourth-order valence-electron chi connectivity index (χ4n) is 1.92. The zero-order valence-corrected chi connectivity index (χ0v) is 14.7. The lowest BCUT2D eigenvalue weighted by atomic mass is 10.0. The first-order valence-electron chi connectivity index (χ1n) is 6.67. The summed E-state index contributed by atoms with van der Waals surface area (Å²) in [5, 5.41) is 0. The van der Waals surface area contributed by atoms with Crippen molar-refractivity contribution in [2.75, 3.05) is 0 Å². The van der Waals surface area contributed by atoms with Gasteiger partial charge in [0.2, 0.25) is 0 Å². The maximum Gasteiger partial charge on any atom is 0.166 e. The van der Waals surface area contributed by atoms with Gasteiger partial charge in [0.25, 0.3) is 0 Å². The Morgan fingerprint density at radius 2 is 2.00 bits per heavy atom. The van der Waals surface area contributed by atoms with Crippen molar-refractivity contribution in [3.05, 3.63) is 56.7 Å². The minimum atomic E-state index is -0.384. The molecule has 0 aromatic heterocycles. The monoisotopic (exact) mass is 415 g/mol. The highest BCUT2D eigenvalue weighted by Gasteiger charge is 2.14. The molecule has 2 rings (SSSR count). The molecule has 1 unspecified atom stereocenters. The minimum Gasteiger partial charge on any atom is -0.453 e. The van der Waals surface area contributed by atoms with Crippen LogP contribution in [0.25, 0.3) is 0 Å². The summed E-state index contributed by atoms with van der Waals surface area (Å²) >= 11 is 6.79. The molecule has 2 aromatic carbocycles. The molecule has 112 valence electrons. The Kier molecular flexibility index (Phi) is 5.79. The summed E-state index contributed by atoms with van der Waals surface area (Å²) in [5.41, 5.74) is 6.75. The van der Waals surface area contributed by atoms with Gasteiger partial charge in [0.15, 0.2) is 11.6 Å². The zero-order chi connectivity index (χ0) is 15.4. The Labute approximate surface area is 140 Å². The molecule has 0 spiro atoms. The summed E-state index contributed by atoms with van der Waals surface area (Å²) < 4.78 is 21.6. The summed E-state index contributed by atoms with van der Waals surface area (Å²) in [4.78, 5) is 0. The van der Waals surface area contributed by atoms with Gasteiger partial charge >= 0.3 is 0 Å². The van der Waals surface area contributed by atoms with E-state index in [0.29, 0.717) is 12.2 Å². The molecule has 0 saturated heterocycles. The van der Waals surface area contributed by atoms with E-state index in [-0.39, 0.29) is 17.6 Å². The van der Waals surface area contributed by atoms with Crippen molar-refractivity contribution in [3.8, 4) is 11.5 Å². The van der Waals surface area contributed by atoms with Crippen LogP contribution in [0, 0.1) is 5.82 Å². The molecule has 0 aliphatic heterocycles. The lowest BCUT2D eigenvalue weighted by Crippen LogP contribution is -2.21. The van der Waals surface area contributed by atoms with E-state index in [0.717, 1.165) is 20.9 Å². The molecule has 2 N–H and O–H groups in total. The first kappa shape index (κ1) is 16.5. The van der Waals surface area contributed by atoms with E-state index in [1.165, 1.54) is 6.07 Å². The van der Waals surface area contributed by atoms with Gasteiger partial charge in [0.05, 0.1) is 4.47 Å². The van der Waals surface area contributed by atoms with Crippen LogP contribution >= 0.6 is 31.9 Å². The molecule has 0 radical (unpaired) electrons. The molecular formula is C16H16Br2FNO. The highest BCUT2D eigenvalue weighted by atomic mass is 79.9. The van der Waals surface area contributed by atoms with E-state index in [1.54, 1.807) is 12.1 Å². The van der Waals surface area contributed by atoms with Crippen molar-refractivity contribution >= 4 is 31.9 Å². The average Bonchev–Trinajstić information content (AvgIpc) is 2.44. The number of rotatable bonds is 5. The Morgan fingerprint density at radius 3 is 2.67 bits per heavy atom. The summed E-state index contributed by atoms with van der Waals surface area (Å²) in [7, 11) is 0. The second kappa shape index (κ2) is 7.38. The molecule has 0 saturated carbocycles. The number of ether oxygens (including phenoxy) is 1. The van der Waals surface area contributed by atoms with Gasteiger partial charge in [-0.05, 0) is 58.6 Å². The van der Waals surface area contributed by atoms with E-state index in [1.807, 2.05) is 25.1 Å². The van der Waals surface area contributed by atoms with Crippen LogP contribution in [0.5, 0.6) is 11.5 Å². The molecule has 2 aromatic rings. The standard InChI is InChI=1S/C16H16Br2FNO/c1-2-12(20)8-10-4-3-5-14(19)16(10)21-15-7-6-11(17)9-13(15)18/h3-7,9,12H,2,8,20H2,1H3. The molecule has 21 heavy (non-hydrogen) atoms. The Morgan fingerprint density at radius 1 is 1.24 bits per heavy atom. The van der Waals surface area contributed by atoms with Gasteiger partial charge < -0.3 is 10.5 Å². The zero-order valence-electron chi connectivity index (χ0n) is 11.6. The van der Waals surface area contributed by atoms with Crippen LogP contribution in [0.1, 0.15) is 18.9 Å². The van der Waals surface area contributed by atoms with Crippen LogP contribution < -0.4 is 10.5 Å². The average molecular weight is 417 g/mol. The minimum absolute atomic E-state index is 0.0116. The maximum atomic E-state index is 14.1. The van der Waals surface area contributed by atoms with Gasteiger partial charge in [-0.2, -0.15) is 0 Å². The number of hydrogen-bond acceptors (Lipinski definition) is 2. The second-order valence-electron chi connectivity index (χ2n) is 4.78. The lowest BCUT2D eigenvalue weighted by Gasteiger charge is -2.15. The molecule has 0 amide bonds. The number of halogens is 3. The predicted octanol–water partition coefficient (Wildman–Crippen LogP) is 5.42. The smallest absolute Gasteiger partial charge is 0.166 e. The van der Waals surface area contributed by atoms with Crippen molar-refractivity contribution in [3.63, 3.8) is 0 Å². The van der Waals surface area contributed by atoms with E-state index >= 15 is 0 Å².